The molecular weight excluding hydrogens is 538 g/mol. The molecule has 1 aromatic rings. The fourth-order valence-corrected chi connectivity index (χ4v) is 13.7. The topological polar surface area (TPSA) is 91.4 Å². The van der Waals surface area contributed by atoms with Crippen molar-refractivity contribution in [3.8, 4) is 11.5 Å². The number of rotatable bonds is 7. The fourth-order valence-electron chi connectivity index (χ4n) is 8.14. The smallest absolute Gasteiger partial charge is 0.411 e. The predicted molar refractivity (Wildman–Crippen MR) is 160 cm³/mol. The Kier molecular flexibility index (Phi) is 8.06. The van der Waals surface area contributed by atoms with Crippen molar-refractivity contribution in [3.63, 3.8) is 0 Å². The Balaban J connectivity index is 2.07. The molecule has 226 valence electrons. The van der Waals surface area contributed by atoms with Crippen LogP contribution in [0.2, 0.25) is 16.6 Å². The Morgan fingerprint density at radius 1 is 1.00 bits per heavy atom. The van der Waals surface area contributed by atoms with Crippen molar-refractivity contribution in [1.29, 1.82) is 0 Å². The number of allylic oxidation sites excluding steroid dienone is 1. The molecule has 8 nitrogen and oxygen atoms in total. The molecule has 1 aliphatic heterocycles. The van der Waals surface area contributed by atoms with Crippen molar-refractivity contribution in [2.45, 2.75) is 114 Å². The summed E-state index contributed by atoms with van der Waals surface area (Å²) >= 11 is 0. The lowest BCUT2D eigenvalue weighted by Gasteiger charge is -2.55. The van der Waals surface area contributed by atoms with Crippen LogP contribution in [0, 0.1) is 0 Å². The van der Waals surface area contributed by atoms with E-state index in [0.717, 1.165) is 11.1 Å². The zero-order chi connectivity index (χ0) is 30.7. The number of nitrogens with zero attached hydrogens (tertiary/aromatic N) is 1. The molecule has 0 radical (unpaired) electrons. The number of methoxy groups -OCH3 is 2. The third-order valence-electron chi connectivity index (χ3n) is 9.57. The molecule has 1 fully saturated rings. The molecule has 4 rings (SSSR count). The van der Waals surface area contributed by atoms with Crippen LogP contribution in [0.25, 0.3) is 0 Å². The van der Waals surface area contributed by atoms with Crippen molar-refractivity contribution in [2.75, 3.05) is 20.8 Å². The normalized spacial score (nSPS) is 25.9. The van der Waals surface area contributed by atoms with E-state index in [-0.39, 0.29) is 29.6 Å². The first-order chi connectivity index (χ1) is 19.0. The first kappa shape index (κ1) is 31.3. The monoisotopic (exact) mass is 585 g/mol. The lowest BCUT2D eigenvalue weighted by atomic mass is 9.54. The minimum atomic E-state index is -2.49. The molecule has 2 aliphatic carbocycles. The highest BCUT2D eigenvalue weighted by Crippen LogP contribution is 2.64. The van der Waals surface area contributed by atoms with Crippen LogP contribution >= 0.6 is 0 Å². The van der Waals surface area contributed by atoms with Crippen molar-refractivity contribution in [1.82, 2.24) is 4.90 Å². The highest BCUT2D eigenvalue weighted by atomic mass is 28.4. The van der Waals surface area contributed by atoms with Gasteiger partial charge in [0.05, 0.1) is 25.7 Å². The summed E-state index contributed by atoms with van der Waals surface area (Å²) in [7, 11) is 0.670. The maximum Gasteiger partial charge on any atom is 0.411 e. The van der Waals surface area contributed by atoms with E-state index < -0.39 is 48.6 Å². The van der Waals surface area contributed by atoms with Gasteiger partial charge in [-0.2, -0.15) is 0 Å². The lowest BCUT2D eigenvalue weighted by Crippen LogP contribution is -2.68. The third-order valence-corrected chi connectivity index (χ3v) is 15.7. The van der Waals surface area contributed by atoms with Crippen LogP contribution in [0.1, 0.15) is 92.4 Å². The zero-order valence-electron chi connectivity index (χ0n) is 26.5. The standard InChI is InChI=1S/C32H47NO7Si/c1-19(2)41(20(3)4,21(5)6)40-25-18-32-28(35)23(34)14-15-31(32,16-17-33(32)29(36)39-30(7,8)9)26-22(25)12-13-24(37-10)27(26)38-11/h12-15,19-21,25H,16-18H2,1-11H3/t25-,31+,32+/m0/s1. The third kappa shape index (κ3) is 4.45. The van der Waals surface area contributed by atoms with Gasteiger partial charge in [-0.15, -0.1) is 0 Å². The minimum absolute atomic E-state index is 0.157. The Morgan fingerprint density at radius 2 is 1.61 bits per heavy atom. The first-order valence-electron chi connectivity index (χ1n) is 14.8. The molecule has 0 aromatic heterocycles. The number of likely N-dealkylation sites (tertiary alicyclic amines) is 1. The van der Waals surface area contributed by atoms with Gasteiger partial charge in [0.1, 0.15) is 11.1 Å². The quantitative estimate of drug-likeness (QED) is 0.261. The van der Waals surface area contributed by atoms with E-state index in [1.165, 1.54) is 11.0 Å². The highest BCUT2D eigenvalue weighted by molar-refractivity contribution is 6.77. The second-order valence-corrected chi connectivity index (χ2v) is 19.0. The van der Waals surface area contributed by atoms with Crippen molar-refractivity contribution in [2.24, 2.45) is 0 Å². The largest absolute Gasteiger partial charge is 0.493 e. The fraction of sp³-hybridized carbons (Fsp3) is 0.656. The molecule has 41 heavy (non-hydrogen) atoms. The van der Waals surface area contributed by atoms with Gasteiger partial charge in [-0.1, -0.05) is 53.7 Å². The van der Waals surface area contributed by atoms with Gasteiger partial charge in [-0.3, -0.25) is 14.5 Å². The van der Waals surface area contributed by atoms with Crippen LogP contribution in [-0.2, 0) is 24.2 Å². The van der Waals surface area contributed by atoms with Crippen LogP contribution in [0.5, 0.6) is 11.5 Å². The number of amides is 1. The van der Waals surface area contributed by atoms with Gasteiger partial charge >= 0.3 is 6.09 Å². The van der Waals surface area contributed by atoms with E-state index in [9.17, 15) is 14.4 Å². The summed E-state index contributed by atoms with van der Waals surface area (Å²) in [6.45, 7) is 18.9. The molecule has 1 heterocycles. The molecule has 1 aromatic carbocycles. The number of fused-ring (bicyclic) bond motifs is 1. The van der Waals surface area contributed by atoms with E-state index in [2.05, 4.69) is 41.5 Å². The molecule has 3 atom stereocenters. The summed E-state index contributed by atoms with van der Waals surface area (Å²) in [5.41, 5.74) is -0.814. The summed E-state index contributed by atoms with van der Waals surface area (Å²) in [6.07, 6.45) is 2.59. The Hall–Kier alpha value is -2.65. The van der Waals surface area contributed by atoms with Crippen LogP contribution in [0.4, 0.5) is 4.79 Å². The van der Waals surface area contributed by atoms with Crippen molar-refractivity contribution < 1.29 is 33.0 Å². The molecule has 0 saturated carbocycles. The van der Waals surface area contributed by atoms with Crippen molar-refractivity contribution >= 4 is 26.0 Å². The molecule has 0 N–H and O–H groups in total. The molecule has 9 heteroatoms. The van der Waals surface area contributed by atoms with E-state index in [1.54, 1.807) is 35.0 Å². The number of hydrogen-bond donors (Lipinski definition) is 0. The second kappa shape index (κ2) is 10.6. The van der Waals surface area contributed by atoms with Crippen LogP contribution in [0.3, 0.4) is 0 Å². The summed E-state index contributed by atoms with van der Waals surface area (Å²) in [4.78, 5) is 42.9. The number of carbonyl (C=O) groups is 3. The van der Waals surface area contributed by atoms with E-state index in [1.807, 2.05) is 18.2 Å². The van der Waals surface area contributed by atoms with E-state index in [4.69, 9.17) is 18.6 Å². The number of benzene rings is 1. The second-order valence-electron chi connectivity index (χ2n) is 13.6. The lowest BCUT2D eigenvalue weighted by molar-refractivity contribution is -0.145. The molecular formula is C32H47NO7Si. The minimum Gasteiger partial charge on any atom is -0.493 e. The van der Waals surface area contributed by atoms with E-state index in [0.29, 0.717) is 17.9 Å². The number of carbonyl (C=O) groups excluding carboxylic acids is 3. The SMILES string of the molecule is COc1ccc2c(c1OC)[C@]13C=CC(=O)C(=O)[C@@]1(C[C@@H]2O[Si](C(C)C)(C(C)C)C(C)C)N(C(=O)OC(C)(C)C)CC3. The van der Waals surface area contributed by atoms with E-state index >= 15 is 0 Å². The van der Waals surface area contributed by atoms with Gasteiger partial charge in [0.2, 0.25) is 19.9 Å². The number of Topliss-reactive ketones (excluding diaryl/α,β-unsaturated/α-hetero) is 1. The van der Waals surface area contributed by atoms with Crippen LogP contribution in [0.15, 0.2) is 24.3 Å². The van der Waals surface area contributed by atoms with Crippen LogP contribution < -0.4 is 9.47 Å². The molecule has 0 bridgehead atoms. The van der Waals surface area contributed by atoms with Crippen molar-refractivity contribution in [3.05, 3.63) is 35.4 Å². The maximum absolute atomic E-state index is 14.3. The number of hydrogen-bond acceptors (Lipinski definition) is 7. The van der Waals surface area contributed by atoms with Gasteiger partial charge in [0, 0.05) is 18.5 Å². The molecule has 0 unspecified atom stereocenters. The van der Waals surface area contributed by atoms with Gasteiger partial charge in [-0.25, -0.2) is 4.79 Å². The summed E-state index contributed by atoms with van der Waals surface area (Å²) < 4.78 is 25.0. The maximum atomic E-state index is 14.3. The van der Waals surface area contributed by atoms with Gasteiger partial charge in [-0.05, 0) is 61.5 Å². The summed E-state index contributed by atoms with van der Waals surface area (Å²) in [5, 5.41) is 0. The van der Waals surface area contributed by atoms with Gasteiger partial charge in [0.15, 0.2) is 11.5 Å². The number of ketones is 2. The molecule has 3 aliphatic rings. The van der Waals surface area contributed by atoms with Gasteiger partial charge in [0.25, 0.3) is 0 Å². The first-order valence-corrected chi connectivity index (χ1v) is 16.9. The summed E-state index contributed by atoms with van der Waals surface area (Å²) in [6, 6.07) is 3.88. The average molecular weight is 586 g/mol. The predicted octanol–water partition coefficient (Wildman–Crippen LogP) is 6.67. The Labute approximate surface area is 245 Å². The highest BCUT2D eigenvalue weighted by Gasteiger charge is 2.72. The Bertz CT molecular complexity index is 1240. The van der Waals surface area contributed by atoms with Crippen LogP contribution in [-0.4, -0.2) is 62.8 Å². The molecule has 1 amide bonds. The Morgan fingerprint density at radius 3 is 2.12 bits per heavy atom. The van der Waals surface area contributed by atoms with Gasteiger partial charge < -0.3 is 18.6 Å². The molecule has 0 spiro atoms. The summed E-state index contributed by atoms with van der Waals surface area (Å²) in [5.74, 6) is -0.228. The average Bonchev–Trinajstić information content (AvgIpc) is 3.23. The zero-order valence-corrected chi connectivity index (χ0v) is 27.5. The number of ether oxygens (including phenoxy) is 3. The molecule has 1 saturated heterocycles.